The van der Waals surface area contributed by atoms with Gasteiger partial charge in [-0.1, -0.05) is 6.42 Å². The Hall–Kier alpha value is -0.520. The first-order valence-electron chi connectivity index (χ1n) is 4.30. The highest BCUT2D eigenvalue weighted by molar-refractivity contribution is 6.22. The number of alkyl halides is 1. The Balaban J connectivity index is 2.71. The zero-order valence-electron chi connectivity index (χ0n) is 7.27. The molecule has 0 heterocycles. The van der Waals surface area contributed by atoms with Crippen LogP contribution in [0.15, 0.2) is 17.4 Å². The van der Waals surface area contributed by atoms with Crippen molar-refractivity contribution < 1.29 is 4.79 Å². The number of hydrogen-bond acceptors (Lipinski definition) is 1. The van der Waals surface area contributed by atoms with Crippen molar-refractivity contribution in [1.29, 1.82) is 0 Å². The smallest absolute Gasteiger partial charge is 0.160 e. The lowest BCUT2D eigenvalue weighted by molar-refractivity contribution is -0.112. The largest absolute Gasteiger partial charge is 0.294 e. The van der Waals surface area contributed by atoms with Crippen LogP contribution in [0, 0.1) is 0 Å². The molecule has 0 aromatic rings. The minimum absolute atomic E-state index is 0.0388. The minimum Gasteiger partial charge on any atom is -0.294 e. The molecule has 66 valence electrons. The predicted molar refractivity (Wildman–Crippen MR) is 50.4 cm³/mol. The molecule has 0 aromatic heterocycles. The maximum Gasteiger partial charge on any atom is 0.160 e. The molecule has 0 radical (unpaired) electrons. The Morgan fingerprint density at radius 2 is 2.42 bits per heavy atom. The Morgan fingerprint density at radius 1 is 1.67 bits per heavy atom. The molecule has 0 spiro atoms. The molecule has 0 amide bonds. The van der Waals surface area contributed by atoms with Crippen LogP contribution in [-0.4, -0.2) is 11.2 Å². The fourth-order valence-electron chi connectivity index (χ4n) is 1.33. The fraction of sp³-hybridized carbons (Fsp3) is 0.600. The second-order valence-electron chi connectivity index (χ2n) is 3.14. The average molecular weight is 185 g/mol. The van der Waals surface area contributed by atoms with E-state index in [1.165, 1.54) is 25.8 Å². The van der Waals surface area contributed by atoms with E-state index >= 15 is 0 Å². The number of carbonyl (C=O) groups is 1. The van der Waals surface area contributed by atoms with Gasteiger partial charge in [-0.3, -0.25) is 4.79 Å². The maximum absolute atomic E-state index is 10.6. The van der Waals surface area contributed by atoms with Gasteiger partial charge in [0, 0.05) is 6.08 Å². The van der Waals surface area contributed by atoms with Gasteiger partial charge in [0.25, 0.3) is 0 Å². The molecule has 2 heteroatoms. The topological polar surface area (TPSA) is 17.1 Å². The van der Waals surface area contributed by atoms with Crippen molar-refractivity contribution in [3.63, 3.8) is 0 Å². The third kappa shape index (κ3) is 2.84. The molecule has 1 fully saturated rings. The molecule has 0 saturated heterocycles. The second-order valence-corrected chi connectivity index (χ2v) is 3.66. The van der Waals surface area contributed by atoms with Crippen molar-refractivity contribution in [2.24, 2.45) is 0 Å². The number of halogens is 1. The highest BCUT2D eigenvalue weighted by Crippen LogP contribution is 2.26. The van der Waals surface area contributed by atoms with Gasteiger partial charge in [-0.15, -0.1) is 17.3 Å². The molecule has 0 aliphatic heterocycles. The molecular weight excluding hydrogens is 172 g/mol. The first-order chi connectivity index (χ1) is 5.70. The summed E-state index contributed by atoms with van der Waals surface area (Å²) in [5.74, 6) is 0.0388. The van der Waals surface area contributed by atoms with E-state index in [4.69, 9.17) is 11.6 Å². The third-order valence-corrected chi connectivity index (χ3v) is 2.47. The van der Waals surface area contributed by atoms with E-state index < -0.39 is 0 Å². The van der Waals surface area contributed by atoms with Gasteiger partial charge < -0.3 is 0 Å². The van der Waals surface area contributed by atoms with Crippen LogP contribution in [0.4, 0.5) is 0 Å². The molecule has 1 unspecified atom stereocenters. The van der Waals surface area contributed by atoms with E-state index in [9.17, 15) is 4.79 Å². The lowest BCUT2D eigenvalue weighted by atomic mass is 9.95. The van der Waals surface area contributed by atoms with E-state index in [0.717, 1.165) is 18.4 Å². The zero-order chi connectivity index (χ0) is 8.97. The Morgan fingerprint density at radius 3 is 3.00 bits per heavy atom. The third-order valence-electron chi connectivity index (χ3n) is 1.99. The van der Waals surface area contributed by atoms with Crippen LogP contribution < -0.4 is 0 Å². The number of hydrogen-bond donors (Lipinski definition) is 0. The highest BCUT2D eigenvalue weighted by Gasteiger charge is 2.15. The molecule has 1 aliphatic rings. The van der Waals surface area contributed by atoms with E-state index in [1.807, 2.05) is 0 Å². The normalized spacial score (nSPS) is 23.2. The van der Waals surface area contributed by atoms with Crippen molar-refractivity contribution in [1.82, 2.24) is 0 Å². The summed E-state index contributed by atoms with van der Waals surface area (Å²) in [6.07, 6.45) is 5.88. The first kappa shape index (κ1) is 9.57. The molecule has 0 N–H and O–H groups in total. The van der Waals surface area contributed by atoms with Gasteiger partial charge in [-0.25, -0.2) is 0 Å². The lowest BCUT2D eigenvalue weighted by Crippen LogP contribution is -2.08. The quantitative estimate of drug-likeness (QED) is 0.348. The number of ketones is 1. The summed E-state index contributed by atoms with van der Waals surface area (Å²) >= 11 is 6.04. The van der Waals surface area contributed by atoms with Crippen LogP contribution in [0.5, 0.6) is 0 Å². The van der Waals surface area contributed by atoms with Gasteiger partial charge in [0.05, 0.1) is 5.38 Å². The summed E-state index contributed by atoms with van der Waals surface area (Å²) in [6, 6.07) is 0. The Labute approximate surface area is 78.1 Å². The van der Waals surface area contributed by atoms with Gasteiger partial charge in [-0.05, 0) is 31.8 Å². The average Bonchev–Trinajstić information content (AvgIpc) is 2.03. The van der Waals surface area contributed by atoms with E-state index in [1.54, 1.807) is 0 Å². The van der Waals surface area contributed by atoms with Crippen LogP contribution in [-0.2, 0) is 4.79 Å². The summed E-state index contributed by atoms with van der Waals surface area (Å²) < 4.78 is 0. The van der Waals surface area contributed by atoms with Crippen molar-refractivity contribution in [3.05, 3.63) is 17.4 Å². The molecule has 1 nitrogen and oxygen atoms in total. The summed E-state index contributed by atoms with van der Waals surface area (Å²) in [5, 5.41) is 0.106. The summed E-state index contributed by atoms with van der Waals surface area (Å²) in [5.41, 5.74) is 4.08. The monoisotopic (exact) mass is 184 g/mol. The molecular formula is C10H13ClO. The van der Waals surface area contributed by atoms with Crippen LogP contribution in [0.1, 0.15) is 32.6 Å². The van der Waals surface area contributed by atoms with Gasteiger partial charge in [0.15, 0.2) is 5.78 Å². The van der Waals surface area contributed by atoms with Gasteiger partial charge in [-0.2, -0.15) is 0 Å². The standard InChI is InChI=1S/C10H13ClO/c1-8(12)6-7-9-4-2-3-5-10(9)11/h6,10H,2-5H2,1H3. The van der Waals surface area contributed by atoms with E-state index in [0.29, 0.717) is 0 Å². The first-order valence-corrected chi connectivity index (χ1v) is 4.74. The number of carbonyl (C=O) groups excluding carboxylic acids is 1. The molecule has 1 atom stereocenters. The fourth-order valence-corrected chi connectivity index (χ4v) is 1.65. The zero-order valence-corrected chi connectivity index (χ0v) is 8.03. The van der Waals surface area contributed by atoms with Crippen molar-refractivity contribution >= 4 is 17.4 Å². The van der Waals surface area contributed by atoms with E-state index in [-0.39, 0.29) is 11.2 Å². The predicted octanol–water partition coefficient (Wildman–Crippen LogP) is 2.84. The maximum atomic E-state index is 10.6. The van der Waals surface area contributed by atoms with Crippen molar-refractivity contribution in [2.75, 3.05) is 0 Å². The van der Waals surface area contributed by atoms with Crippen LogP contribution >= 0.6 is 11.6 Å². The minimum atomic E-state index is 0.0388. The van der Waals surface area contributed by atoms with E-state index in [2.05, 4.69) is 5.73 Å². The SMILES string of the molecule is CC(=O)C=C=C1CCCCC1Cl. The Bertz CT molecular complexity index is 236. The van der Waals surface area contributed by atoms with Crippen molar-refractivity contribution in [2.45, 2.75) is 38.0 Å². The molecule has 0 bridgehead atoms. The molecule has 1 aliphatic carbocycles. The van der Waals surface area contributed by atoms with Gasteiger partial charge in [0.2, 0.25) is 0 Å². The van der Waals surface area contributed by atoms with Crippen LogP contribution in [0.2, 0.25) is 0 Å². The van der Waals surface area contributed by atoms with Crippen LogP contribution in [0.3, 0.4) is 0 Å². The van der Waals surface area contributed by atoms with Gasteiger partial charge in [0.1, 0.15) is 0 Å². The lowest BCUT2D eigenvalue weighted by Gasteiger charge is -2.17. The molecule has 1 saturated carbocycles. The number of allylic oxidation sites excluding steroid dienone is 1. The molecule has 0 aromatic carbocycles. The highest BCUT2D eigenvalue weighted by atomic mass is 35.5. The van der Waals surface area contributed by atoms with Crippen molar-refractivity contribution in [3.8, 4) is 0 Å². The summed E-state index contributed by atoms with van der Waals surface area (Å²) in [6.45, 7) is 1.53. The molecule has 12 heavy (non-hydrogen) atoms. The summed E-state index contributed by atoms with van der Waals surface area (Å²) in [4.78, 5) is 10.6. The van der Waals surface area contributed by atoms with Crippen LogP contribution in [0.25, 0.3) is 0 Å². The number of rotatable bonds is 1. The molecule has 1 rings (SSSR count). The summed E-state index contributed by atoms with van der Waals surface area (Å²) in [7, 11) is 0. The van der Waals surface area contributed by atoms with Gasteiger partial charge >= 0.3 is 0 Å². The second kappa shape index (κ2) is 4.49. The Kier molecular flexibility index (Phi) is 3.58.